The van der Waals surface area contributed by atoms with Crippen LogP contribution in [0.1, 0.15) is 59.6 Å². The van der Waals surface area contributed by atoms with Crippen LogP contribution in [0.5, 0.6) is 0 Å². The van der Waals surface area contributed by atoms with E-state index < -0.39 is 6.04 Å². The Hall–Kier alpha value is -2.62. The van der Waals surface area contributed by atoms with Gasteiger partial charge < -0.3 is 5.32 Å². The molecule has 1 aliphatic heterocycles. The molecular weight excluding hydrogens is 324 g/mol. The molecule has 0 aromatic heterocycles. The fraction of sp³-hybridized carbons (Fsp3) is 0.364. The van der Waals surface area contributed by atoms with Gasteiger partial charge in [0, 0.05) is 17.3 Å². The van der Waals surface area contributed by atoms with Gasteiger partial charge in [-0.05, 0) is 43.5 Å². The van der Waals surface area contributed by atoms with Gasteiger partial charge in [0.15, 0.2) is 0 Å². The number of aryl methyl sites for hydroxylation is 1. The van der Waals surface area contributed by atoms with Crippen molar-refractivity contribution in [1.82, 2.24) is 5.32 Å². The molecule has 1 N–H and O–H groups in total. The molecule has 4 rings (SSSR count). The summed E-state index contributed by atoms with van der Waals surface area (Å²) < 4.78 is 0. The van der Waals surface area contributed by atoms with E-state index in [-0.39, 0.29) is 17.9 Å². The van der Waals surface area contributed by atoms with Crippen LogP contribution in [0, 0.1) is 6.92 Å². The first-order valence-electron chi connectivity index (χ1n) is 9.44. The standard InChI is InChI=1S/C22H24N2O2/c1-15-11-13-17(14-12-15)24-20(18-9-5-6-10-19(18)22(24)26)21(25)23-16-7-3-2-4-8-16/h5-6,9-14,16,20H,2-4,7-8H2,1H3,(H,23,25). The maximum atomic E-state index is 13.2. The molecule has 0 bridgehead atoms. The number of anilines is 1. The van der Waals surface area contributed by atoms with Crippen molar-refractivity contribution in [2.75, 3.05) is 4.90 Å². The minimum atomic E-state index is -0.594. The van der Waals surface area contributed by atoms with Gasteiger partial charge in [-0.1, -0.05) is 55.2 Å². The van der Waals surface area contributed by atoms with E-state index in [0.29, 0.717) is 5.56 Å². The second kappa shape index (κ2) is 6.94. The Kier molecular flexibility index (Phi) is 4.49. The van der Waals surface area contributed by atoms with Crippen LogP contribution in [-0.2, 0) is 4.79 Å². The second-order valence-corrected chi connectivity index (χ2v) is 7.34. The van der Waals surface area contributed by atoms with Gasteiger partial charge in [0.25, 0.3) is 5.91 Å². The molecule has 134 valence electrons. The summed E-state index contributed by atoms with van der Waals surface area (Å²) in [6.07, 6.45) is 5.61. The summed E-state index contributed by atoms with van der Waals surface area (Å²) in [5, 5.41) is 3.20. The fourth-order valence-corrected chi connectivity index (χ4v) is 4.07. The molecule has 2 aliphatic rings. The summed E-state index contributed by atoms with van der Waals surface area (Å²) in [6, 6.07) is 14.9. The van der Waals surface area contributed by atoms with Crippen LogP contribution < -0.4 is 10.2 Å². The molecule has 1 atom stereocenters. The Bertz CT molecular complexity index is 822. The van der Waals surface area contributed by atoms with Crippen LogP contribution >= 0.6 is 0 Å². The third-order valence-electron chi connectivity index (χ3n) is 5.47. The average Bonchev–Trinajstić information content (AvgIpc) is 2.96. The number of rotatable bonds is 3. The second-order valence-electron chi connectivity index (χ2n) is 7.34. The Morgan fingerprint density at radius 2 is 1.69 bits per heavy atom. The smallest absolute Gasteiger partial charge is 0.259 e. The molecule has 0 spiro atoms. The minimum Gasteiger partial charge on any atom is -0.351 e. The van der Waals surface area contributed by atoms with Crippen molar-refractivity contribution in [2.45, 2.75) is 51.1 Å². The number of nitrogens with one attached hydrogen (secondary N) is 1. The van der Waals surface area contributed by atoms with Crippen molar-refractivity contribution >= 4 is 17.5 Å². The van der Waals surface area contributed by atoms with Crippen LogP contribution in [0.3, 0.4) is 0 Å². The van der Waals surface area contributed by atoms with Gasteiger partial charge in [-0.3, -0.25) is 14.5 Å². The molecule has 4 nitrogen and oxygen atoms in total. The number of carbonyl (C=O) groups is 2. The maximum Gasteiger partial charge on any atom is 0.259 e. The fourth-order valence-electron chi connectivity index (χ4n) is 4.07. The lowest BCUT2D eigenvalue weighted by atomic mass is 9.95. The Labute approximate surface area is 154 Å². The average molecular weight is 348 g/mol. The van der Waals surface area contributed by atoms with Crippen LogP contribution in [0.4, 0.5) is 5.69 Å². The SMILES string of the molecule is Cc1ccc(N2C(=O)c3ccccc3C2C(=O)NC2CCCCC2)cc1. The molecule has 2 aromatic carbocycles. The number of nitrogens with zero attached hydrogens (tertiary/aromatic N) is 1. The van der Waals surface area contributed by atoms with Gasteiger partial charge >= 0.3 is 0 Å². The normalized spacial score (nSPS) is 20.1. The summed E-state index contributed by atoms with van der Waals surface area (Å²) in [6.45, 7) is 2.01. The van der Waals surface area contributed by atoms with Gasteiger partial charge in [-0.15, -0.1) is 0 Å². The van der Waals surface area contributed by atoms with E-state index in [4.69, 9.17) is 0 Å². The van der Waals surface area contributed by atoms with Gasteiger partial charge in [-0.25, -0.2) is 0 Å². The highest BCUT2D eigenvalue weighted by Gasteiger charge is 2.42. The van der Waals surface area contributed by atoms with Crippen molar-refractivity contribution in [1.29, 1.82) is 0 Å². The van der Waals surface area contributed by atoms with Crippen LogP contribution in [0.15, 0.2) is 48.5 Å². The van der Waals surface area contributed by atoms with Crippen LogP contribution in [0.2, 0.25) is 0 Å². The van der Waals surface area contributed by atoms with Gasteiger partial charge in [0.05, 0.1) is 0 Å². The highest BCUT2D eigenvalue weighted by atomic mass is 16.2. The minimum absolute atomic E-state index is 0.0734. The van der Waals surface area contributed by atoms with E-state index in [1.165, 1.54) is 6.42 Å². The highest BCUT2D eigenvalue weighted by molar-refractivity contribution is 6.15. The summed E-state index contributed by atoms with van der Waals surface area (Å²) in [4.78, 5) is 27.8. The quantitative estimate of drug-likeness (QED) is 0.906. The molecule has 1 unspecified atom stereocenters. The predicted molar refractivity (Wildman–Crippen MR) is 102 cm³/mol. The molecule has 4 heteroatoms. The zero-order chi connectivity index (χ0) is 18.1. The highest BCUT2D eigenvalue weighted by Crippen LogP contribution is 2.38. The van der Waals surface area contributed by atoms with Gasteiger partial charge in [0.2, 0.25) is 5.91 Å². The van der Waals surface area contributed by atoms with Crippen LogP contribution in [0.25, 0.3) is 0 Å². The Morgan fingerprint density at radius 1 is 1.00 bits per heavy atom. The summed E-state index contributed by atoms with van der Waals surface area (Å²) in [5.74, 6) is -0.177. The van der Waals surface area contributed by atoms with E-state index in [2.05, 4.69) is 5.32 Å². The molecule has 1 aliphatic carbocycles. The Morgan fingerprint density at radius 3 is 2.42 bits per heavy atom. The lowest BCUT2D eigenvalue weighted by Gasteiger charge is -2.28. The summed E-state index contributed by atoms with van der Waals surface area (Å²) >= 11 is 0. The van der Waals surface area contributed by atoms with Crippen molar-refractivity contribution in [3.8, 4) is 0 Å². The first kappa shape index (κ1) is 16.8. The largest absolute Gasteiger partial charge is 0.351 e. The molecule has 1 fully saturated rings. The summed E-state index contributed by atoms with van der Waals surface area (Å²) in [7, 11) is 0. The number of fused-ring (bicyclic) bond motifs is 1. The third kappa shape index (κ3) is 3.00. The molecule has 1 heterocycles. The molecular formula is C22H24N2O2. The van der Waals surface area contributed by atoms with Crippen LogP contribution in [-0.4, -0.2) is 17.9 Å². The molecule has 1 saturated carbocycles. The number of hydrogen-bond donors (Lipinski definition) is 1. The zero-order valence-electron chi connectivity index (χ0n) is 15.1. The lowest BCUT2D eigenvalue weighted by Crippen LogP contribution is -2.44. The lowest BCUT2D eigenvalue weighted by molar-refractivity contribution is -0.123. The van der Waals surface area contributed by atoms with E-state index in [0.717, 1.165) is 42.5 Å². The van der Waals surface area contributed by atoms with E-state index >= 15 is 0 Å². The number of benzene rings is 2. The molecule has 26 heavy (non-hydrogen) atoms. The molecule has 0 radical (unpaired) electrons. The van der Waals surface area contributed by atoms with Crippen molar-refractivity contribution in [2.24, 2.45) is 0 Å². The van der Waals surface area contributed by atoms with E-state index in [9.17, 15) is 9.59 Å². The van der Waals surface area contributed by atoms with Gasteiger partial charge in [0.1, 0.15) is 6.04 Å². The number of carbonyl (C=O) groups excluding carboxylic acids is 2. The van der Waals surface area contributed by atoms with Gasteiger partial charge in [-0.2, -0.15) is 0 Å². The topological polar surface area (TPSA) is 49.4 Å². The predicted octanol–water partition coefficient (Wildman–Crippen LogP) is 4.15. The third-order valence-corrected chi connectivity index (χ3v) is 5.47. The monoisotopic (exact) mass is 348 g/mol. The zero-order valence-corrected chi connectivity index (χ0v) is 15.1. The molecule has 0 saturated heterocycles. The maximum absolute atomic E-state index is 13.2. The molecule has 2 aromatic rings. The number of amides is 2. The number of hydrogen-bond acceptors (Lipinski definition) is 2. The molecule has 2 amide bonds. The van der Waals surface area contributed by atoms with Crippen molar-refractivity contribution in [3.63, 3.8) is 0 Å². The summed E-state index contributed by atoms with van der Waals surface area (Å²) in [5.41, 5.74) is 3.31. The first-order chi connectivity index (χ1) is 12.6. The van der Waals surface area contributed by atoms with Crippen molar-refractivity contribution in [3.05, 3.63) is 65.2 Å². The van der Waals surface area contributed by atoms with E-state index in [1.807, 2.05) is 55.5 Å². The van der Waals surface area contributed by atoms with E-state index in [1.54, 1.807) is 4.90 Å². The van der Waals surface area contributed by atoms with Crippen molar-refractivity contribution < 1.29 is 9.59 Å². The Balaban J connectivity index is 1.68. The first-order valence-corrected chi connectivity index (χ1v) is 9.44.